The van der Waals surface area contributed by atoms with E-state index in [0.717, 1.165) is 16.8 Å². The highest BCUT2D eigenvalue weighted by molar-refractivity contribution is 5.92. The fraction of sp³-hybridized carbons (Fsp3) is 0.640. The Kier molecular flexibility index (Phi) is 21.4. The van der Waals surface area contributed by atoms with Crippen molar-refractivity contribution in [2.45, 2.75) is 130 Å². The van der Waals surface area contributed by atoms with Gasteiger partial charge in [0.1, 0.15) is 12.4 Å². The van der Waals surface area contributed by atoms with Crippen molar-refractivity contribution in [1.29, 1.82) is 0 Å². The Morgan fingerprint density at radius 2 is 1.45 bits per heavy atom. The van der Waals surface area contributed by atoms with E-state index < -0.39 is 60.1 Å². The quantitative estimate of drug-likeness (QED) is 0.0966. The van der Waals surface area contributed by atoms with Crippen LogP contribution in [-0.4, -0.2) is 127 Å². The van der Waals surface area contributed by atoms with E-state index in [4.69, 9.17) is 14.2 Å². The third-order valence-corrected chi connectivity index (χ3v) is 13.3. The Morgan fingerprint density at radius 3 is 1.98 bits per heavy atom. The van der Waals surface area contributed by atoms with Gasteiger partial charge in [-0.25, -0.2) is 4.79 Å². The van der Waals surface area contributed by atoms with Crippen molar-refractivity contribution in [1.82, 2.24) is 14.7 Å². The standard InChI is InChI=1S/C50H76N4O10/c1-13-33(6)46(52(9)48(58)39(31(2)3)28-42(56)45(32(4)5)53(10)50(61)64-30-36-21-23-38(51-8)24-22-36)43(62-11)29-44(57)54-25-17-20-40(54)47(63-12)34(7)41(55)27-37(49(59)60)26-35-18-15-14-16-19-35/h14-16,18-19,21-24,31-34,37,39-40,43,45-47,51H,13,17,20,25-30H2,1-12H3,(H,59,60)/t33-,34-,37+,39-,40-,43+,45-,46-,47+/m0/s1. The first-order valence-electron chi connectivity index (χ1n) is 22.9. The summed E-state index contributed by atoms with van der Waals surface area (Å²) in [6.07, 6.45) is -0.0698. The molecule has 1 fully saturated rings. The SMILES string of the molecule is CC[C@H](C)[C@@H]([C@@H](CC(=O)N1CCC[C@H]1[C@H](OC)[C@@H](C)C(=O)C[C@@H](Cc1ccccc1)C(=O)O)OC)N(C)C(=O)[C@@H](CC(=O)[C@H](C(C)C)N(C)C(=O)OCc1ccc(NC)cc1)C(C)C. The number of carboxylic acid groups (broad SMARTS) is 1. The lowest BCUT2D eigenvalue weighted by Crippen LogP contribution is -2.54. The number of aliphatic carboxylic acids is 1. The van der Waals surface area contributed by atoms with Gasteiger partial charge in [-0.15, -0.1) is 0 Å². The zero-order valence-corrected chi connectivity index (χ0v) is 40.4. The molecule has 0 radical (unpaired) electrons. The topological polar surface area (TPSA) is 172 Å². The minimum Gasteiger partial charge on any atom is -0.481 e. The molecule has 0 saturated carbocycles. The summed E-state index contributed by atoms with van der Waals surface area (Å²) in [5.41, 5.74) is 2.57. The lowest BCUT2D eigenvalue weighted by Gasteiger charge is -2.41. The number of benzene rings is 2. The zero-order valence-electron chi connectivity index (χ0n) is 40.4. The molecule has 0 unspecified atom stereocenters. The number of nitrogens with one attached hydrogen (secondary N) is 1. The molecule has 0 bridgehead atoms. The van der Waals surface area contributed by atoms with Gasteiger partial charge in [-0.1, -0.05) is 97.4 Å². The molecule has 14 nitrogen and oxygen atoms in total. The maximum Gasteiger partial charge on any atom is 0.410 e. The highest BCUT2D eigenvalue weighted by Gasteiger charge is 2.44. The smallest absolute Gasteiger partial charge is 0.410 e. The Morgan fingerprint density at radius 1 is 0.812 bits per heavy atom. The number of carbonyl (C=O) groups is 6. The highest BCUT2D eigenvalue weighted by atomic mass is 16.6. The molecule has 1 heterocycles. The summed E-state index contributed by atoms with van der Waals surface area (Å²) in [6.45, 7) is 13.8. The van der Waals surface area contributed by atoms with Gasteiger partial charge in [0.2, 0.25) is 11.8 Å². The highest BCUT2D eigenvalue weighted by Crippen LogP contribution is 2.32. The number of nitrogens with zero attached hydrogens (tertiary/aromatic N) is 3. The van der Waals surface area contributed by atoms with Gasteiger partial charge in [0.25, 0.3) is 0 Å². The van der Waals surface area contributed by atoms with E-state index in [-0.39, 0.29) is 73.4 Å². The number of carboxylic acids is 1. The summed E-state index contributed by atoms with van der Waals surface area (Å²) >= 11 is 0. The second-order valence-electron chi connectivity index (χ2n) is 18.3. The fourth-order valence-corrected chi connectivity index (χ4v) is 9.28. The number of likely N-dealkylation sites (N-methyl/N-ethyl adjacent to an activating group) is 2. The Bertz CT molecular complexity index is 1820. The Labute approximate surface area is 381 Å². The number of rotatable bonds is 26. The molecular formula is C50H76N4O10. The third kappa shape index (κ3) is 14.3. The van der Waals surface area contributed by atoms with Crippen LogP contribution in [0, 0.1) is 35.5 Å². The van der Waals surface area contributed by atoms with Crippen LogP contribution in [0.5, 0.6) is 0 Å². The molecule has 0 aromatic heterocycles. The molecule has 1 saturated heterocycles. The molecule has 3 rings (SSSR count). The van der Waals surface area contributed by atoms with Crippen molar-refractivity contribution in [2.75, 3.05) is 47.2 Å². The van der Waals surface area contributed by atoms with Crippen LogP contribution < -0.4 is 5.32 Å². The second-order valence-corrected chi connectivity index (χ2v) is 18.3. The first-order chi connectivity index (χ1) is 30.3. The molecular weight excluding hydrogens is 817 g/mol. The number of ether oxygens (including phenoxy) is 3. The maximum atomic E-state index is 14.6. The van der Waals surface area contributed by atoms with Crippen LogP contribution in [0.25, 0.3) is 0 Å². The summed E-state index contributed by atoms with van der Waals surface area (Å²) in [5.74, 6) is -4.84. The molecule has 1 aliphatic heterocycles. The third-order valence-electron chi connectivity index (χ3n) is 13.3. The van der Waals surface area contributed by atoms with E-state index in [0.29, 0.717) is 25.8 Å². The van der Waals surface area contributed by atoms with Gasteiger partial charge in [0.15, 0.2) is 5.78 Å². The molecule has 2 aromatic carbocycles. The number of Topliss-reactive ketones (excluding diaryl/α,β-unsaturated/α-hetero) is 2. The van der Waals surface area contributed by atoms with E-state index in [1.54, 1.807) is 30.8 Å². The molecule has 356 valence electrons. The van der Waals surface area contributed by atoms with Crippen LogP contribution >= 0.6 is 0 Å². The number of hydrogen-bond acceptors (Lipinski definition) is 10. The van der Waals surface area contributed by atoms with Gasteiger partial charge in [-0.05, 0) is 60.3 Å². The van der Waals surface area contributed by atoms with Gasteiger partial charge >= 0.3 is 12.1 Å². The molecule has 2 aromatic rings. The van der Waals surface area contributed by atoms with Crippen LogP contribution in [0.15, 0.2) is 54.6 Å². The van der Waals surface area contributed by atoms with Crippen molar-refractivity contribution >= 4 is 41.1 Å². The van der Waals surface area contributed by atoms with Gasteiger partial charge in [0, 0.05) is 72.3 Å². The molecule has 64 heavy (non-hydrogen) atoms. The number of ketones is 2. The van der Waals surface area contributed by atoms with E-state index in [1.165, 1.54) is 19.1 Å². The normalized spacial score (nSPS) is 17.7. The van der Waals surface area contributed by atoms with Crippen molar-refractivity contribution in [3.05, 3.63) is 65.7 Å². The van der Waals surface area contributed by atoms with Gasteiger partial charge in [-0.2, -0.15) is 0 Å². The summed E-state index contributed by atoms with van der Waals surface area (Å²) in [7, 11) is 8.12. The number of hydrogen-bond donors (Lipinski definition) is 2. The minimum atomic E-state index is -1.04. The molecule has 2 N–H and O–H groups in total. The van der Waals surface area contributed by atoms with Gasteiger partial charge in [0.05, 0.1) is 42.7 Å². The molecule has 14 heteroatoms. The summed E-state index contributed by atoms with van der Waals surface area (Å²) in [5, 5.41) is 13.0. The lowest BCUT2D eigenvalue weighted by molar-refractivity contribution is -0.149. The molecule has 3 amide bonds. The predicted molar refractivity (Wildman–Crippen MR) is 248 cm³/mol. The molecule has 0 spiro atoms. The lowest BCUT2D eigenvalue weighted by atomic mass is 9.83. The zero-order chi connectivity index (χ0) is 47.8. The summed E-state index contributed by atoms with van der Waals surface area (Å²) < 4.78 is 17.6. The van der Waals surface area contributed by atoms with Crippen LogP contribution in [0.2, 0.25) is 0 Å². The molecule has 0 aliphatic carbocycles. The minimum absolute atomic E-state index is 0.0379. The van der Waals surface area contributed by atoms with E-state index in [9.17, 15) is 33.9 Å². The number of methoxy groups -OCH3 is 2. The largest absolute Gasteiger partial charge is 0.481 e. The Hall–Kier alpha value is -4.82. The monoisotopic (exact) mass is 893 g/mol. The molecule has 9 atom stereocenters. The van der Waals surface area contributed by atoms with Crippen molar-refractivity contribution < 1.29 is 48.1 Å². The number of likely N-dealkylation sites (tertiary alicyclic amines) is 1. The molecule has 1 aliphatic rings. The van der Waals surface area contributed by atoms with Crippen LogP contribution in [0.4, 0.5) is 10.5 Å². The summed E-state index contributed by atoms with van der Waals surface area (Å²) in [6, 6.07) is 14.9. The number of amides is 3. The van der Waals surface area contributed by atoms with Crippen LogP contribution in [-0.2, 0) is 51.2 Å². The first-order valence-corrected chi connectivity index (χ1v) is 22.9. The van der Waals surface area contributed by atoms with E-state index in [1.807, 2.05) is 103 Å². The van der Waals surface area contributed by atoms with Gasteiger partial charge < -0.3 is 39.3 Å². The van der Waals surface area contributed by atoms with Crippen LogP contribution in [0.1, 0.15) is 98.1 Å². The average Bonchev–Trinajstić information content (AvgIpc) is 3.76. The van der Waals surface area contributed by atoms with Crippen molar-refractivity contribution in [3.8, 4) is 0 Å². The fourth-order valence-electron chi connectivity index (χ4n) is 9.28. The predicted octanol–water partition coefficient (Wildman–Crippen LogP) is 7.38. The van der Waals surface area contributed by atoms with E-state index in [2.05, 4.69) is 5.32 Å². The Balaban J connectivity index is 1.76. The van der Waals surface area contributed by atoms with E-state index >= 15 is 0 Å². The van der Waals surface area contributed by atoms with Crippen LogP contribution in [0.3, 0.4) is 0 Å². The number of carbonyl (C=O) groups excluding carboxylic acids is 5. The van der Waals surface area contributed by atoms with Crippen molar-refractivity contribution in [3.63, 3.8) is 0 Å². The van der Waals surface area contributed by atoms with Gasteiger partial charge in [-0.3, -0.25) is 24.0 Å². The first kappa shape index (κ1) is 53.5. The number of anilines is 1. The summed E-state index contributed by atoms with van der Waals surface area (Å²) in [4.78, 5) is 87.0. The average molecular weight is 893 g/mol. The maximum absolute atomic E-state index is 14.6. The second kappa shape index (κ2) is 25.6. The van der Waals surface area contributed by atoms with Crippen molar-refractivity contribution in [2.24, 2.45) is 35.5 Å².